The fourth-order valence-corrected chi connectivity index (χ4v) is 2.92. The number of aromatic nitrogens is 1. The first-order valence-corrected chi connectivity index (χ1v) is 7.57. The fourth-order valence-electron chi connectivity index (χ4n) is 2.08. The summed E-state index contributed by atoms with van der Waals surface area (Å²) >= 11 is 0.715. The molecule has 1 fully saturated rings. The second-order valence-electron chi connectivity index (χ2n) is 5.42. The van der Waals surface area contributed by atoms with Gasteiger partial charge < -0.3 is 9.64 Å². The highest BCUT2D eigenvalue weighted by atomic mass is 32.1. The minimum atomic E-state index is -4.30. The highest BCUT2D eigenvalue weighted by Crippen LogP contribution is 2.36. The molecule has 1 aromatic heterocycles. The Morgan fingerprint density at radius 3 is 2.55 bits per heavy atom. The van der Waals surface area contributed by atoms with Gasteiger partial charge in [0.1, 0.15) is 4.88 Å². The Morgan fingerprint density at radius 2 is 2.05 bits per heavy atom. The quantitative estimate of drug-likeness (QED) is 0.846. The summed E-state index contributed by atoms with van der Waals surface area (Å²) in [5, 5.41) is 0.458. The zero-order valence-electron chi connectivity index (χ0n) is 11.6. The topological polar surface area (TPSA) is 25.4 Å². The van der Waals surface area contributed by atoms with E-state index in [0.29, 0.717) is 35.5 Å². The van der Waals surface area contributed by atoms with E-state index in [2.05, 4.69) is 18.8 Å². The summed E-state index contributed by atoms with van der Waals surface area (Å²) in [6.45, 7) is 6.34. The van der Waals surface area contributed by atoms with Crippen molar-refractivity contribution in [1.82, 2.24) is 4.98 Å². The van der Waals surface area contributed by atoms with Gasteiger partial charge in [0.05, 0.1) is 12.3 Å². The third-order valence-electron chi connectivity index (χ3n) is 3.15. The Balaban J connectivity index is 1.86. The molecule has 1 aliphatic heterocycles. The summed E-state index contributed by atoms with van der Waals surface area (Å²) < 4.78 is 43.4. The Morgan fingerprint density at radius 1 is 1.40 bits per heavy atom. The van der Waals surface area contributed by atoms with Gasteiger partial charge in [0.15, 0.2) is 5.13 Å². The lowest BCUT2D eigenvalue weighted by Gasteiger charge is -2.32. The number of halogens is 3. The maximum Gasteiger partial charge on any atom is 0.427 e. The van der Waals surface area contributed by atoms with Gasteiger partial charge in [0.25, 0.3) is 0 Å². The van der Waals surface area contributed by atoms with Crippen molar-refractivity contribution in [1.29, 1.82) is 0 Å². The van der Waals surface area contributed by atoms with Crippen LogP contribution in [0.3, 0.4) is 0 Å². The van der Waals surface area contributed by atoms with Crippen LogP contribution in [0.5, 0.6) is 0 Å². The van der Waals surface area contributed by atoms with Crippen molar-refractivity contribution in [3.63, 3.8) is 0 Å². The number of ether oxygens (including phenoxy) is 1. The normalized spacial score (nSPS) is 18.0. The summed E-state index contributed by atoms with van der Waals surface area (Å²) in [7, 11) is 0. The lowest BCUT2D eigenvalue weighted by Crippen LogP contribution is -2.37. The van der Waals surface area contributed by atoms with E-state index in [-0.39, 0.29) is 6.10 Å². The van der Waals surface area contributed by atoms with Crippen LogP contribution in [-0.4, -0.2) is 30.8 Å². The smallest absolute Gasteiger partial charge is 0.378 e. The first-order valence-electron chi connectivity index (χ1n) is 6.76. The zero-order chi connectivity index (χ0) is 14.8. The molecule has 3 nitrogen and oxygen atoms in total. The lowest BCUT2D eigenvalue weighted by molar-refractivity contribution is -0.134. The van der Waals surface area contributed by atoms with Gasteiger partial charge in [-0.2, -0.15) is 13.2 Å². The first kappa shape index (κ1) is 15.6. The van der Waals surface area contributed by atoms with Crippen molar-refractivity contribution in [3.05, 3.63) is 11.1 Å². The van der Waals surface area contributed by atoms with Crippen molar-refractivity contribution in [3.8, 4) is 0 Å². The predicted octanol–water partition coefficient (Wildman–Crippen LogP) is 3.80. The van der Waals surface area contributed by atoms with Gasteiger partial charge in [0.2, 0.25) is 0 Å². The average molecular weight is 308 g/mol. The zero-order valence-corrected chi connectivity index (χ0v) is 12.4. The van der Waals surface area contributed by atoms with Crippen molar-refractivity contribution < 1.29 is 17.9 Å². The van der Waals surface area contributed by atoms with E-state index >= 15 is 0 Å². The number of nitrogens with zero attached hydrogens (tertiary/aromatic N) is 2. The number of hydrogen-bond donors (Lipinski definition) is 0. The third-order valence-corrected chi connectivity index (χ3v) is 4.25. The molecule has 0 aliphatic carbocycles. The minimum Gasteiger partial charge on any atom is -0.378 e. The molecule has 0 amide bonds. The summed E-state index contributed by atoms with van der Waals surface area (Å²) in [6.07, 6.45) is -1.48. The molecule has 0 saturated carbocycles. The molecule has 0 aromatic carbocycles. The molecule has 0 radical (unpaired) electrons. The van der Waals surface area contributed by atoms with Crippen LogP contribution in [0.1, 0.15) is 31.6 Å². The molecule has 1 aromatic rings. The molecular weight excluding hydrogens is 289 g/mol. The largest absolute Gasteiger partial charge is 0.427 e. The highest BCUT2D eigenvalue weighted by molar-refractivity contribution is 7.15. The second kappa shape index (κ2) is 6.30. The highest BCUT2D eigenvalue weighted by Gasteiger charge is 2.34. The van der Waals surface area contributed by atoms with Crippen LogP contribution in [0.15, 0.2) is 6.20 Å². The van der Waals surface area contributed by atoms with Crippen LogP contribution in [-0.2, 0) is 10.9 Å². The summed E-state index contributed by atoms with van der Waals surface area (Å²) in [5.41, 5.74) is 0. The summed E-state index contributed by atoms with van der Waals surface area (Å²) in [6, 6.07) is 0. The van der Waals surface area contributed by atoms with Crippen LogP contribution < -0.4 is 4.90 Å². The molecule has 20 heavy (non-hydrogen) atoms. The molecule has 1 aliphatic rings. The molecule has 2 rings (SSSR count). The van der Waals surface area contributed by atoms with Crippen molar-refractivity contribution in [2.24, 2.45) is 5.92 Å². The van der Waals surface area contributed by atoms with Crippen LogP contribution in [0, 0.1) is 5.92 Å². The molecule has 114 valence electrons. The third kappa shape index (κ3) is 4.09. The predicted molar refractivity (Wildman–Crippen MR) is 73.1 cm³/mol. The number of piperidine rings is 1. The maximum atomic E-state index is 12.5. The van der Waals surface area contributed by atoms with Gasteiger partial charge in [-0.05, 0) is 18.8 Å². The van der Waals surface area contributed by atoms with Crippen LogP contribution in [0.4, 0.5) is 18.3 Å². The number of hydrogen-bond acceptors (Lipinski definition) is 4. The van der Waals surface area contributed by atoms with E-state index in [1.165, 1.54) is 0 Å². The van der Waals surface area contributed by atoms with E-state index < -0.39 is 11.1 Å². The molecule has 0 atom stereocenters. The van der Waals surface area contributed by atoms with Crippen LogP contribution >= 0.6 is 11.3 Å². The standard InChI is InChI=1S/C13H19F3N2OS/c1-9(2)8-19-10-3-5-18(6-4-10)12-17-7-11(20-12)13(14,15)16/h7,9-10H,3-6,8H2,1-2H3. The molecule has 7 heteroatoms. The molecule has 0 bridgehead atoms. The summed E-state index contributed by atoms with van der Waals surface area (Å²) in [4.78, 5) is 5.17. The number of anilines is 1. The van der Waals surface area contributed by atoms with Gasteiger partial charge in [0, 0.05) is 19.7 Å². The minimum absolute atomic E-state index is 0.218. The number of rotatable bonds is 4. The second-order valence-corrected chi connectivity index (χ2v) is 6.43. The van der Waals surface area contributed by atoms with Gasteiger partial charge in [-0.15, -0.1) is 0 Å². The van der Waals surface area contributed by atoms with E-state index in [1.54, 1.807) is 0 Å². The molecule has 0 spiro atoms. The van der Waals surface area contributed by atoms with E-state index in [4.69, 9.17) is 4.74 Å². The molecule has 0 N–H and O–H groups in total. The van der Waals surface area contributed by atoms with Gasteiger partial charge in [-0.1, -0.05) is 25.2 Å². The molecular formula is C13H19F3N2OS. The first-order chi connectivity index (χ1) is 9.36. The molecule has 2 heterocycles. The van der Waals surface area contributed by atoms with Gasteiger partial charge >= 0.3 is 6.18 Å². The number of alkyl halides is 3. The van der Waals surface area contributed by atoms with Crippen LogP contribution in [0.25, 0.3) is 0 Å². The Bertz CT molecular complexity index is 425. The Kier molecular flexibility index (Phi) is 4.90. The van der Waals surface area contributed by atoms with E-state index in [0.717, 1.165) is 25.6 Å². The summed E-state index contributed by atoms with van der Waals surface area (Å²) in [5.74, 6) is 0.501. The van der Waals surface area contributed by atoms with Crippen molar-refractivity contribution in [2.75, 3.05) is 24.6 Å². The molecule has 1 saturated heterocycles. The van der Waals surface area contributed by atoms with Crippen molar-refractivity contribution >= 4 is 16.5 Å². The molecule has 0 unspecified atom stereocenters. The van der Waals surface area contributed by atoms with Crippen molar-refractivity contribution in [2.45, 2.75) is 39.0 Å². The van der Waals surface area contributed by atoms with E-state index in [1.807, 2.05) is 4.90 Å². The average Bonchev–Trinajstić information content (AvgIpc) is 2.86. The van der Waals surface area contributed by atoms with Gasteiger partial charge in [-0.25, -0.2) is 4.98 Å². The SMILES string of the molecule is CC(C)COC1CCN(c2ncc(C(F)(F)F)s2)CC1. The number of thiazole rings is 1. The fraction of sp³-hybridized carbons (Fsp3) is 0.769. The Labute approximate surface area is 120 Å². The lowest BCUT2D eigenvalue weighted by atomic mass is 10.1. The maximum absolute atomic E-state index is 12.5. The van der Waals surface area contributed by atoms with E-state index in [9.17, 15) is 13.2 Å². The Hall–Kier alpha value is -0.820. The van der Waals surface area contributed by atoms with Crippen LogP contribution in [0.2, 0.25) is 0 Å². The monoisotopic (exact) mass is 308 g/mol. The van der Waals surface area contributed by atoms with Gasteiger partial charge in [-0.3, -0.25) is 0 Å².